The summed E-state index contributed by atoms with van der Waals surface area (Å²) in [4.78, 5) is 24.9. The average molecular weight is 445 g/mol. The van der Waals surface area contributed by atoms with E-state index in [0.29, 0.717) is 27.9 Å². The van der Waals surface area contributed by atoms with Gasteiger partial charge >= 0.3 is 5.97 Å². The number of carboxylic acid groups (broad SMARTS) is 1. The molecule has 0 unspecified atom stereocenters. The Hall–Kier alpha value is -3.93. The molecule has 1 aromatic heterocycles. The highest BCUT2D eigenvalue weighted by atomic mass is 19.1. The number of hydrogen-bond donors (Lipinski definition) is 2. The van der Waals surface area contributed by atoms with Crippen molar-refractivity contribution in [1.82, 2.24) is 0 Å². The van der Waals surface area contributed by atoms with Crippen LogP contribution in [-0.2, 0) is 0 Å². The minimum atomic E-state index is -1.35. The van der Waals surface area contributed by atoms with E-state index >= 15 is 0 Å². The van der Waals surface area contributed by atoms with Crippen molar-refractivity contribution < 1.29 is 18.7 Å². The molecule has 0 amide bonds. The van der Waals surface area contributed by atoms with Crippen LogP contribution in [0.2, 0.25) is 0 Å². The van der Waals surface area contributed by atoms with E-state index in [4.69, 9.17) is 4.42 Å². The fourth-order valence-electron chi connectivity index (χ4n) is 4.07. The fourth-order valence-corrected chi connectivity index (χ4v) is 4.07. The summed E-state index contributed by atoms with van der Waals surface area (Å²) in [7, 11) is 0. The molecule has 4 rings (SSSR count). The summed E-state index contributed by atoms with van der Waals surface area (Å²) in [5.74, 6) is -1.64. The molecule has 0 saturated carbocycles. The summed E-state index contributed by atoms with van der Waals surface area (Å²) in [5, 5.41) is 13.1. The van der Waals surface area contributed by atoms with E-state index in [1.54, 1.807) is 19.1 Å². The number of aryl methyl sites for hydroxylation is 2. The highest BCUT2D eigenvalue weighted by molar-refractivity contribution is 5.95. The number of aromatic carboxylic acids is 1. The Bertz CT molecular complexity index is 1440. The van der Waals surface area contributed by atoms with Gasteiger partial charge in [0.2, 0.25) is 0 Å². The molecule has 3 aromatic carbocycles. The number of anilines is 1. The summed E-state index contributed by atoms with van der Waals surface area (Å²) in [6.45, 7) is 6.96. The molecule has 0 aliphatic rings. The Morgan fingerprint density at radius 2 is 1.76 bits per heavy atom. The number of hydrogen-bond acceptors (Lipinski definition) is 4. The molecule has 6 heteroatoms. The Kier molecular flexibility index (Phi) is 5.77. The molecule has 0 radical (unpaired) electrons. The van der Waals surface area contributed by atoms with Crippen molar-refractivity contribution in [3.05, 3.63) is 98.5 Å². The van der Waals surface area contributed by atoms with E-state index in [-0.39, 0.29) is 16.7 Å². The minimum absolute atomic E-state index is 0.125. The van der Waals surface area contributed by atoms with Crippen molar-refractivity contribution in [2.75, 3.05) is 5.32 Å². The van der Waals surface area contributed by atoms with Gasteiger partial charge < -0.3 is 14.8 Å². The lowest BCUT2D eigenvalue weighted by atomic mass is 9.98. The Balaban J connectivity index is 1.90. The van der Waals surface area contributed by atoms with Gasteiger partial charge in [-0.3, -0.25) is 4.79 Å². The van der Waals surface area contributed by atoms with Crippen LogP contribution in [0.4, 0.5) is 10.1 Å². The first-order valence-corrected chi connectivity index (χ1v) is 10.6. The van der Waals surface area contributed by atoms with E-state index in [9.17, 15) is 19.1 Å². The van der Waals surface area contributed by atoms with Crippen molar-refractivity contribution in [3.63, 3.8) is 0 Å². The fraction of sp³-hybridized carbons (Fsp3) is 0.185. The van der Waals surface area contributed by atoms with Crippen LogP contribution >= 0.6 is 0 Å². The molecule has 2 N–H and O–H groups in total. The lowest BCUT2D eigenvalue weighted by molar-refractivity contribution is 0.0692. The van der Waals surface area contributed by atoms with Crippen LogP contribution in [0.15, 0.2) is 63.8 Å². The molecule has 0 aliphatic heterocycles. The summed E-state index contributed by atoms with van der Waals surface area (Å²) in [6, 6.07) is 15.7. The second-order valence-electron chi connectivity index (χ2n) is 8.27. The molecule has 168 valence electrons. The van der Waals surface area contributed by atoms with Gasteiger partial charge in [-0.1, -0.05) is 42.5 Å². The number of nitrogens with one attached hydrogen (secondary N) is 1. The molecule has 5 nitrogen and oxygen atoms in total. The van der Waals surface area contributed by atoms with Gasteiger partial charge in [0, 0.05) is 16.7 Å². The van der Waals surface area contributed by atoms with Gasteiger partial charge in [-0.05, 0) is 51.0 Å². The molecule has 4 aromatic rings. The standard InChI is InChI=1S/C27H24FNO4/c1-14-12-19(17(4)29-21-11-10-15(2)23(28)22(21)27(31)32)26-20(13-14)24(30)16(3)25(33-26)18-8-6-5-7-9-18/h5-13,17,29H,1-4H3,(H,31,32)/t17-/m1/s1. The van der Waals surface area contributed by atoms with Crippen molar-refractivity contribution in [1.29, 1.82) is 0 Å². The lowest BCUT2D eigenvalue weighted by Gasteiger charge is -2.20. The number of carboxylic acids is 1. The molecule has 0 saturated heterocycles. The smallest absolute Gasteiger partial charge is 0.340 e. The van der Waals surface area contributed by atoms with E-state index in [2.05, 4.69) is 5.32 Å². The monoisotopic (exact) mass is 445 g/mol. The van der Waals surface area contributed by atoms with E-state index in [1.807, 2.05) is 50.2 Å². The zero-order chi connectivity index (χ0) is 23.9. The van der Waals surface area contributed by atoms with Gasteiger partial charge in [0.25, 0.3) is 0 Å². The maximum absolute atomic E-state index is 14.5. The maximum atomic E-state index is 14.5. The van der Waals surface area contributed by atoms with Crippen LogP contribution in [0.5, 0.6) is 0 Å². The highest BCUT2D eigenvalue weighted by Gasteiger charge is 2.22. The number of fused-ring (bicyclic) bond motifs is 1. The second-order valence-corrected chi connectivity index (χ2v) is 8.27. The summed E-state index contributed by atoms with van der Waals surface area (Å²) < 4.78 is 20.8. The van der Waals surface area contributed by atoms with Gasteiger partial charge in [0.05, 0.1) is 17.1 Å². The van der Waals surface area contributed by atoms with Crippen molar-refractivity contribution in [3.8, 4) is 11.3 Å². The molecule has 33 heavy (non-hydrogen) atoms. The predicted molar refractivity (Wildman–Crippen MR) is 128 cm³/mol. The van der Waals surface area contributed by atoms with Crippen LogP contribution < -0.4 is 10.7 Å². The van der Waals surface area contributed by atoms with Gasteiger partial charge in [0.15, 0.2) is 5.43 Å². The van der Waals surface area contributed by atoms with Gasteiger partial charge in [0.1, 0.15) is 22.7 Å². The quantitative estimate of drug-likeness (QED) is 0.372. The summed E-state index contributed by atoms with van der Waals surface area (Å²) in [5.41, 5.74) is 3.12. The third-order valence-corrected chi connectivity index (χ3v) is 5.82. The maximum Gasteiger partial charge on any atom is 0.340 e. The highest BCUT2D eigenvalue weighted by Crippen LogP contribution is 2.33. The lowest BCUT2D eigenvalue weighted by Crippen LogP contribution is -2.15. The molecule has 0 fully saturated rings. The van der Waals surface area contributed by atoms with Crippen LogP contribution in [0, 0.1) is 26.6 Å². The number of carbonyl (C=O) groups is 1. The number of halogens is 1. The van der Waals surface area contributed by atoms with Gasteiger partial charge in [-0.2, -0.15) is 0 Å². The van der Waals surface area contributed by atoms with Gasteiger partial charge in [-0.15, -0.1) is 0 Å². The summed E-state index contributed by atoms with van der Waals surface area (Å²) in [6.07, 6.45) is 0. The SMILES string of the molecule is Cc1cc([C@@H](C)Nc2ccc(C)c(F)c2C(=O)O)c2oc(-c3ccccc3)c(C)c(=O)c2c1. The molecular weight excluding hydrogens is 421 g/mol. The van der Waals surface area contributed by atoms with E-state index < -0.39 is 23.4 Å². The Morgan fingerprint density at radius 1 is 1.06 bits per heavy atom. The molecular formula is C27H24FNO4. The third kappa shape index (κ3) is 4.00. The zero-order valence-electron chi connectivity index (χ0n) is 18.8. The van der Waals surface area contributed by atoms with Crippen LogP contribution in [0.1, 0.15) is 45.6 Å². The van der Waals surface area contributed by atoms with Crippen LogP contribution in [0.25, 0.3) is 22.3 Å². The predicted octanol–water partition coefficient (Wildman–Crippen LogP) is 6.40. The summed E-state index contributed by atoms with van der Waals surface area (Å²) >= 11 is 0. The van der Waals surface area contributed by atoms with E-state index in [1.165, 1.54) is 13.0 Å². The van der Waals surface area contributed by atoms with E-state index in [0.717, 1.165) is 11.1 Å². The number of benzene rings is 3. The van der Waals surface area contributed by atoms with Crippen molar-refractivity contribution >= 4 is 22.6 Å². The second kappa shape index (κ2) is 8.54. The first kappa shape index (κ1) is 22.3. The molecule has 1 heterocycles. The van der Waals surface area contributed by atoms with Gasteiger partial charge in [-0.25, -0.2) is 9.18 Å². The normalized spacial score (nSPS) is 12.0. The Morgan fingerprint density at radius 3 is 2.42 bits per heavy atom. The van der Waals surface area contributed by atoms with Crippen molar-refractivity contribution in [2.24, 2.45) is 0 Å². The third-order valence-electron chi connectivity index (χ3n) is 5.82. The van der Waals surface area contributed by atoms with Crippen molar-refractivity contribution in [2.45, 2.75) is 33.7 Å². The zero-order valence-corrected chi connectivity index (χ0v) is 18.8. The average Bonchev–Trinajstić information content (AvgIpc) is 2.79. The topological polar surface area (TPSA) is 79.5 Å². The largest absolute Gasteiger partial charge is 0.478 e. The van der Waals surface area contributed by atoms with Crippen LogP contribution in [0.3, 0.4) is 0 Å². The first-order valence-electron chi connectivity index (χ1n) is 10.6. The number of rotatable bonds is 5. The minimum Gasteiger partial charge on any atom is -0.478 e. The first-order chi connectivity index (χ1) is 15.7. The molecule has 1 atom stereocenters. The molecule has 0 bridgehead atoms. The molecule has 0 spiro atoms. The molecule has 0 aliphatic carbocycles. The van der Waals surface area contributed by atoms with Crippen LogP contribution in [-0.4, -0.2) is 11.1 Å². The Labute approximate surface area is 190 Å².